The van der Waals surface area contributed by atoms with E-state index in [1.54, 1.807) is 0 Å². The number of nitrogens with zero attached hydrogens (tertiary/aromatic N) is 1. The summed E-state index contributed by atoms with van der Waals surface area (Å²) in [5, 5.41) is 0. The second-order valence-electron chi connectivity index (χ2n) is 5.70. The SMILES string of the molecule is CCCC(C)N(C)CCC(N)(C(=O)OC)c1ccccc1. The summed E-state index contributed by atoms with van der Waals surface area (Å²) < 4.78 is 4.93. The third-order valence-electron chi connectivity index (χ3n) is 4.16. The van der Waals surface area contributed by atoms with Crippen LogP contribution in [0.5, 0.6) is 0 Å². The maximum absolute atomic E-state index is 12.2. The van der Waals surface area contributed by atoms with Gasteiger partial charge in [0, 0.05) is 12.6 Å². The lowest BCUT2D eigenvalue weighted by Gasteiger charge is -2.31. The fourth-order valence-electron chi connectivity index (χ4n) is 2.49. The predicted octanol–water partition coefficient (Wildman–Crippen LogP) is 2.52. The Hall–Kier alpha value is -1.39. The van der Waals surface area contributed by atoms with Crippen LogP contribution in [0.1, 0.15) is 38.7 Å². The number of benzene rings is 1. The number of carbonyl (C=O) groups is 1. The van der Waals surface area contributed by atoms with Gasteiger partial charge < -0.3 is 15.4 Å². The molecule has 1 aromatic rings. The summed E-state index contributed by atoms with van der Waals surface area (Å²) in [6.07, 6.45) is 2.82. The van der Waals surface area contributed by atoms with Gasteiger partial charge in [-0.25, -0.2) is 4.79 Å². The molecule has 0 saturated carbocycles. The molecule has 0 amide bonds. The summed E-state index contributed by atoms with van der Waals surface area (Å²) in [5.74, 6) is -0.384. The second kappa shape index (κ2) is 8.15. The Morgan fingerprint density at radius 3 is 2.52 bits per heavy atom. The number of hydrogen-bond donors (Lipinski definition) is 1. The third kappa shape index (κ3) is 4.55. The van der Waals surface area contributed by atoms with Crippen LogP contribution in [0.2, 0.25) is 0 Å². The highest BCUT2D eigenvalue weighted by molar-refractivity contribution is 5.82. The van der Waals surface area contributed by atoms with E-state index in [-0.39, 0.29) is 5.97 Å². The molecule has 0 aromatic heterocycles. The highest BCUT2D eigenvalue weighted by Gasteiger charge is 2.37. The molecule has 2 unspecified atom stereocenters. The first-order chi connectivity index (χ1) is 9.95. The Labute approximate surface area is 128 Å². The van der Waals surface area contributed by atoms with Crippen LogP contribution in [0.3, 0.4) is 0 Å². The van der Waals surface area contributed by atoms with Crippen LogP contribution in [-0.4, -0.2) is 37.6 Å². The molecule has 0 aliphatic carbocycles. The van der Waals surface area contributed by atoms with E-state index >= 15 is 0 Å². The lowest BCUT2D eigenvalue weighted by Crippen LogP contribution is -2.48. The molecule has 0 fully saturated rings. The quantitative estimate of drug-likeness (QED) is 0.748. The van der Waals surface area contributed by atoms with E-state index in [1.165, 1.54) is 7.11 Å². The fourth-order valence-corrected chi connectivity index (χ4v) is 2.49. The number of hydrogen-bond acceptors (Lipinski definition) is 4. The van der Waals surface area contributed by atoms with E-state index in [1.807, 2.05) is 30.3 Å². The molecule has 0 bridgehead atoms. The van der Waals surface area contributed by atoms with Gasteiger partial charge in [0.05, 0.1) is 7.11 Å². The summed E-state index contributed by atoms with van der Waals surface area (Å²) in [7, 11) is 3.46. The van der Waals surface area contributed by atoms with Crippen molar-refractivity contribution in [3.63, 3.8) is 0 Å². The van der Waals surface area contributed by atoms with Crippen LogP contribution in [0.25, 0.3) is 0 Å². The standard InChI is InChI=1S/C17H28N2O2/c1-5-9-14(2)19(3)13-12-17(18,16(20)21-4)15-10-7-6-8-11-15/h6-8,10-11,14H,5,9,12-13,18H2,1-4H3. The molecule has 1 aromatic carbocycles. The summed E-state index contributed by atoms with van der Waals surface area (Å²) in [6, 6.07) is 9.94. The van der Waals surface area contributed by atoms with Crippen molar-refractivity contribution < 1.29 is 9.53 Å². The number of methoxy groups -OCH3 is 1. The average Bonchev–Trinajstić information content (AvgIpc) is 2.52. The third-order valence-corrected chi connectivity index (χ3v) is 4.16. The molecule has 0 aliphatic rings. The molecule has 4 nitrogen and oxygen atoms in total. The smallest absolute Gasteiger partial charge is 0.330 e. The number of carbonyl (C=O) groups excluding carboxylic acids is 1. The first kappa shape index (κ1) is 17.7. The topological polar surface area (TPSA) is 55.6 Å². The van der Waals surface area contributed by atoms with Gasteiger partial charge in [-0.1, -0.05) is 43.7 Å². The number of ether oxygens (including phenoxy) is 1. The molecule has 118 valence electrons. The molecular formula is C17H28N2O2. The van der Waals surface area contributed by atoms with E-state index in [0.717, 1.165) is 24.9 Å². The predicted molar refractivity (Wildman–Crippen MR) is 85.9 cm³/mol. The van der Waals surface area contributed by atoms with Crippen molar-refractivity contribution in [2.75, 3.05) is 20.7 Å². The molecule has 2 N–H and O–H groups in total. The number of rotatable bonds is 8. The van der Waals surface area contributed by atoms with Gasteiger partial charge in [0.1, 0.15) is 5.54 Å². The van der Waals surface area contributed by atoms with E-state index in [2.05, 4.69) is 25.8 Å². The van der Waals surface area contributed by atoms with Crippen molar-refractivity contribution in [2.45, 2.75) is 44.7 Å². The van der Waals surface area contributed by atoms with Gasteiger partial charge in [-0.05, 0) is 32.4 Å². The first-order valence-electron chi connectivity index (χ1n) is 7.58. The number of nitrogens with two attached hydrogens (primary N) is 1. The zero-order valence-corrected chi connectivity index (χ0v) is 13.6. The van der Waals surface area contributed by atoms with Crippen molar-refractivity contribution in [3.05, 3.63) is 35.9 Å². The average molecular weight is 292 g/mol. The van der Waals surface area contributed by atoms with Crippen LogP contribution in [0.4, 0.5) is 0 Å². The molecule has 0 heterocycles. The van der Waals surface area contributed by atoms with Crippen LogP contribution in [-0.2, 0) is 15.1 Å². The molecule has 0 aliphatic heterocycles. The van der Waals surface area contributed by atoms with Crippen LogP contribution < -0.4 is 5.73 Å². The van der Waals surface area contributed by atoms with Crippen LogP contribution >= 0.6 is 0 Å². The molecule has 21 heavy (non-hydrogen) atoms. The number of esters is 1. The van der Waals surface area contributed by atoms with Gasteiger partial charge in [-0.15, -0.1) is 0 Å². The van der Waals surface area contributed by atoms with Gasteiger partial charge in [-0.2, -0.15) is 0 Å². The lowest BCUT2D eigenvalue weighted by molar-refractivity contribution is -0.148. The Morgan fingerprint density at radius 2 is 2.00 bits per heavy atom. The summed E-state index contributed by atoms with van der Waals surface area (Å²) in [5.41, 5.74) is 6.11. The minimum Gasteiger partial charge on any atom is -0.467 e. The Kier molecular flexibility index (Phi) is 6.85. The Balaban J connectivity index is 2.83. The zero-order valence-electron chi connectivity index (χ0n) is 13.6. The molecular weight excluding hydrogens is 264 g/mol. The van der Waals surface area contributed by atoms with Crippen LogP contribution in [0.15, 0.2) is 30.3 Å². The molecule has 0 saturated heterocycles. The second-order valence-corrected chi connectivity index (χ2v) is 5.70. The van der Waals surface area contributed by atoms with Gasteiger partial charge in [0.15, 0.2) is 0 Å². The van der Waals surface area contributed by atoms with Crippen molar-refractivity contribution in [1.29, 1.82) is 0 Å². The minimum absolute atomic E-state index is 0.384. The van der Waals surface area contributed by atoms with Crippen molar-refractivity contribution in [2.24, 2.45) is 5.73 Å². The largest absolute Gasteiger partial charge is 0.467 e. The maximum atomic E-state index is 12.2. The molecule has 1 rings (SSSR count). The van der Waals surface area contributed by atoms with Crippen molar-refractivity contribution in [3.8, 4) is 0 Å². The maximum Gasteiger partial charge on any atom is 0.330 e. The highest BCUT2D eigenvalue weighted by Crippen LogP contribution is 2.24. The molecule has 2 atom stereocenters. The van der Waals surface area contributed by atoms with Gasteiger partial charge in [0.25, 0.3) is 0 Å². The summed E-state index contributed by atoms with van der Waals surface area (Å²) in [6.45, 7) is 5.13. The molecule has 0 spiro atoms. The summed E-state index contributed by atoms with van der Waals surface area (Å²) in [4.78, 5) is 14.4. The van der Waals surface area contributed by atoms with Gasteiger partial charge in [-0.3, -0.25) is 0 Å². The van der Waals surface area contributed by atoms with Gasteiger partial charge >= 0.3 is 5.97 Å². The van der Waals surface area contributed by atoms with Crippen molar-refractivity contribution in [1.82, 2.24) is 4.90 Å². The Bertz CT molecular complexity index is 436. The normalized spacial score (nSPS) is 15.5. The van der Waals surface area contributed by atoms with E-state index in [4.69, 9.17) is 10.5 Å². The minimum atomic E-state index is -1.09. The Morgan fingerprint density at radius 1 is 1.38 bits per heavy atom. The molecule has 0 radical (unpaired) electrons. The molecule has 4 heteroatoms. The van der Waals surface area contributed by atoms with E-state index in [0.29, 0.717) is 12.5 Å². The van der Waals surface area contributed by atoms with Crippen molar-refractivity contribution >= 4 is 5.97 Å². The van der Waals surface area contributed by atoms with E-state index in [9.17, 15) is 4.79 Å². The lowest BCUT2D eigenvalue weighted by atomic mass is 9.87. The summed E-state index contributed by atoms with van der Waals surface area (Å²) >= 11 is 0. The van der Waals surface area contributed by atoms with Crippen LogP contribution in [0, 0.1) is 0 Å². The monoisotopic (exact) mass is 292 g/mol. The first-order valence-corrected chi connectivity index (χ1v) is 7.58. The fraction of sp³-hybridized carbons (Fsp3) is 0.588. The van der Waals surface area contributed by atoms with Gasteiger partial charge in [0.2, 0.25) is 0 Å². The highest BCUT2D eigenvalue weighted by atomic mass is 16.5. The zero-order chi connectivity index (χ0) is 15.9. The van der Waals surface area contributed by atoms with E-state index < -0.39 is 5.54 Å².